The van der Waals surface area contributed by atoms with Crippen LogP contribution in [0.4, 0.5) is 4.39 Å². The van der Waals surface area contributed by atoms with Crippen LogP contribution in [0.5, 0.6) is 0 Å². The first kappa shape index (κ1) is 10.8. The summed E-state index contributed by atoms with van der Waals surface area (Å²) < 4.78 is 18.2. The van der Waals surface area contributed by atoms with Gasteiger partial charge in [0.05, 0.1) is 17.8 Å². The fourth-order valence-corrected chi connectivity index (χ4v) is 2.63. The molecule has 2 aromatic carbocycles. The average molecular weight is 249 g/mol. The summed E-state index contributed by atoms with van der Waals surface area (Å²) in [6.07, 6.45) is -1.53. The van der Waals surface area contributed by atoms with E-state index < -0.39 is 12.3 Å². The zero-order chi connectivity index (χ0) is 11.8. The van der Waals surface area contributed by atoms with Crippen LogP contribution in [-0.2, 0) is 4.29 Å². The normalized spacial score (nSPS) is 15.4. The molecule has 3 heteroatoms. The maximum atomic E-state index is 13.8. The molecule has 1 aliphatic rings. The highest BCUT2D eigenvalue weighted by Gasteiger charge is 2.34. The highest BCUT2D eigenvalue weighted by molar-refractivity contribution is 6.07. The van der Waals surface area contributed by atoms with Gasteiger partial charge in [0, 0.05) is 0 Å². The number of alkyl halides is 1. The minimum absolute atomic E-state index is 0.431. The summed E-state index contributed by atoms with van der Waals surface area (Å²) in [6, 6.07) is 15.5. The lowest BCUT2D eigenvalue weighted by Crippen LogP contribution is -2.13. The van der Waals surface area contributed by atoms with Crippen molar-refractivity contribution in [2.24, 2.45) is 0 Å². The molecule has 3 rings (SSSR count). The van der Waals surface area contributed by atoms with Gasteiger partial charge in [0.15, 0.2) is 0 Å². The van der Waals surface area contributed by atoms with Crippen molar-refractivity contribution >= 4 is 11.9 Å². The SMILES string of the molecule is FC(OCl)C1c2ccccc2-c2ccccc21. The Hall–Kier alpha value is -1.38. The first-order valence-corrected chi connectivity index (χ1v) is 5.73. The Morgan fingerprint density at radius 1 is 0.941 bits per heavy atom. The van der Waals surface area contributed by atoms with Crippen molar-refractivity contribution in [3.05, 3.63) is 59.7 Å². The van der Waals surface area contributed by atoms with Crippen LogP contribution in [0.1, 0.15) is 17.0 Å². The second kappa shape index (κ2) is 4.13. The molecule has 0 aliphatic heterocycles. The van der Waals surface area contributed by atoms with Gasteiger partial charge >= 0.3 is 0 Å². The molecule has 86 valence electrons. The third-order valence-corrected chi connectivity index (χ3v) is 3.40. The molecule has 0 saturated heterocycles. The van der Waals surface area contributed by atoms with E-state index in [1.807, 2.05) is 48.5 Å². The minimum atomic E-state index is -1.53. The molecule has 2 aromatic rings. The molecule has 1 atom stereocenters. The van der Waals surface area contributed by atoms with Crippen LogP contribution in [-0.4, -0.2) is 6.36 Å². The van der Waals surface area contributed by atoms with Gasteiger partial charge in [-0.1, -0.05) is 48.5 Å². The molecule has 0 spiro atoms. The quantitative estimate of drug-likeness (QED) is 0.771. The number of hydrogen-bond acceptors (Lipinski definition) is 1. The van der Waals surface area contributed by atoms with E-state index in [0.29, 0.717) is 0 Å². The van der Waals surface area contributed by atoms with Crippen molar-refractivity contribution in [1.82, 2.24) is 0 Å². The Kier molecular flexibility index (Phi) is 2.61. The largest absolute Gasteiger partial charge is 0.241 e. The highest BCUT2D eigenvalue weighted by atomic mass is 35.5. The average Bonchev–Trinajstić information content (AvgIpc) is 2.72. The second-order valence-corrected chi connectivity index (χ2v) is 4.27. The van der Waals surface area contributed by atoms with Crippen molar-refractivity contribution in [2.75, 3.05) is 0 Å². The van der Waals surface area contributed by atoms with Crippen LogP contribution in [0.15, 0.2) is 48.5 Å². The van der Waals surface area contributed by atoms with E-state index in [1.165, 1.54) is 0 Å². The molecule has 0 saturated carbocycles. The Morgan fingerprint density at radius 2 is 1.41 bits per heavy atom. The predicted molar refractivity (Wildman–Crippen MR) is 65.6 cm³/mol. The van der Waals surface area contributed by atoms with Crippen molar-refractivity contribution in [2.45, 2.75) is 12.3 Å². The van der Waals surface area contributed by atoms with Crippen LogP contribution < -0.4 is 0 Å². The van der Waals surface area contributed by atoms with Crippen LogP contribution >= 0.6 is 11.9 Å². The number of fused-ring (bicyclic) bond motifs is 3. The van der Waals surface area contributed by atoms with Gasteiger partial charge in [-0.15, -0.1) is 0 Å². The number of benzene rings is 2. The first-order chi connectivity index (χ1) is 8.33. The predicted octanol–water partition coefficient (Wildman–Crippen LogP) is 4.26. The van der Waals surface area contributed by atoms with E-state index in [1.54, 1.807) is 0 Å². The molecule has 17 heavy (non-hydrogen) atoms. The summed E-state index contributed by atoms with van der Waals surface area (Å²) in [6.45, 7) is 0. The van der Waals surface area contributed by atoms with E-state index in [9.17, 15) is 4.39 Å². The van der Waals surface area contributed by atoms with Crippen molar-refractivity contribution in [3.8, 4) is 11.1 Å². The third kappa shape index (κ3) is 1.56. The molecule has 0 fully saturated rings. The summed E-state index contributed by atoms with van der Waals surface area (Å²) in [4.78, 5) is 0. The number of halogens is 2. The first-order valence-electron chi connectivity index (χ1n) is 5.42. The molecular weight excluding hydrogens is 239 g/mol. The summed E-state index contributed by atoms with van der Waals surface area (Å²) in [5.74, 6) is -0.431. The number of rotatable bonds is 2. The lowest BCUT2D eigenvalue weighted by molar-refractivity contribution is 0.0638. The smallest absolute Gasteiger partial charge is 0.228 e. The van der Waals surface area contributed by atoms with E-state index in [-0.39, 0.29) is 0 Å². The zero-order valence-corrected chi connectivity index (χ0v) is 9.69. The molecule has 0 N–H and O–H groups in total. The summed E-state index contributed by atoms with van der Waals surface area (Å²) in [5.41, 5.74) is 3.98. The molecular formula is C14H10ClFO. The fraction of sp³-hybridized carbons (Fsp3) is 0.143. The molecule has 0 radical (unpaired) electrons. The maximum absolute atomic E-state index is 13.8. The van der Waals surface area contributed by atoms with Gasteiger partial charge in [0.2, 0.25) is 6.36 Å². The highest BCUT2D eigenvalue weighted by Crippen LogP contribution is 2.47. The van der Waals surface area contributed by atoms with Gasteiger partial charge in [-0.25, -0.2) is 8.68 Å². The third-order valence-electron chi connectivity index (χ3n) is 3.23. The van der Waals surface area contributed by atoms with Gasteiger partial charge in [-0.3, -0.25) is 0 Å². The monoisotopic (exact) mass is 248 g/mol. The van der Waals surface area contributed by atoms with Crippen LogP contribution in [0.3, 0.4) is 0 Å². The Morgan fingerprint density at radius 3 is 1.88 bits per heavy atom. The van der Waals surface area contributed by atoms with Gasteiger partial charge in [-0.2, -0.15) is 0 Å². The van der Waals surface area contributed by atoms with Crippen LogP contribution in [0.25, 0.3) is 11.1 Å². The Balaban J connectivity index is 2.23. The second-order valence-electron chi connectivity index (χ2n) is 4.09. The zero-order valence-electron chi connectivity index (χ0n) is 8.94. The molecule has 0 heterocycles. The molecule has 0 aromatic heterocycles. The van der Waals surface area contributed by atoms with Gasteiger partial charge in [-0.05, 0) is 22.3 Å². The molecule has 0 amide bonds. The van der Waals surface area contributed by atoms with E-state index in [2.05, 4.69) is 4.29 Å². The Labute approximate surface area is 104 Å². The Bertz CT molecular complexity index is 510. The lowest BCUT2D eigenvalue weighted by atomic mass is 9.97. The molecule has 0 bridgehead atoms. The standard InChI is InChI=1S/C14H10ClFO/c15-17-14(16)13-11-7-3-1-5-9(11)10-6-2-4-8-12(10)13/h1-8,13-14H. The minimum Gasteiger partial charge on any atom is -0.241 e. The summed E-state index contributed by atoms with van der Waals surface area (Å²) >= 11 is 5.19. The topological polar surface area (TPSA) is 9.23 Å². The van der Waals surface area contributed by atoms with Crippen molar-refractivity contribution in [1.29, 1.82) is 0 Å². The van der Waals surface area contributed by atoms with E-state index in [0.717, 1.165) is 22.3 Å². The fourth-order valence-electron chi connectivity index (χ4n) is 2.53. The van der Waals surface area contributed by atoms with Gasteiger partial charge < -0.3 is 0 Å². The molecule has 1 nitrogen and oxygen atoms in total. The molecule has 1 unspecified atom stereocenters. The van der Waals surface area contributed by atoms with Gasteiger partial charge in [0.25, 0.3) is 0 Å². The van der Waals surface area contributed by atoms with Crippen LogP contribution in [0, 0.1) is 0 Å². The van der Waals surface area contributed by atoms with E-state index in [4.69, 9.17) is 11.9 Å². The molecule has 1 aliphatic carbocycles. The number of hydrogen-bond donors (Lipinski definition) is 0. The van der Waals surface area contributed by atoms with Crippen molar-refractivity contribution in [3.63, 3.8) is 0 Å². The van der Waals surface area contributed by atoms with E-state index >= 15 is 0 Å². The van der Waals surface area contributed by atoms with Gasteiger partial charge in [0.1, 0.15) is 0 Å². The summed E-state index contributed by atoms with van der Waals surface area (Å²) in [5, 5.41) is 0. The van der Waals surface area contributed by atoms with Crippen molar-refractivity contribution < 1.29 is 8.68 Å². The summed E-state index contributed by atoms with van der Waals surface area (Å²) in [7, 11) is 0. The maximum Gasteiger partial charge on any atom is 0.228 e. The van der Waals surface area contributed by atoms with Crippen LogP contribution in [0.2, 0.25) is 0 Å². The lowest BCUT2D eigenvalue weighted by Gasteiger charge is -2.15.